The number of nitrogens with two attached hydrogens (primary N) is 2. The van der Waals surface area contributed by atoms with Crippen LogP contribution in [0.4, 0.5) is 10.7 Å². The molecule has 2 aromatic heterocycles. The third-order valence-electron chi connectivity index (χ3n) is 5.30. The van der Waals surface area contributed by atoms with E-state index in [-0.39, 0.29) is 35.2 Å². The van der Waals surface area contributed by atoms with Gasteiger partial charge < -0.3 is 61.4 Å². The van der Waals surface area contributed by atoms with Crippen molar-refractivity contribution in [3.63, 3.8) is 0 Å². The third-order valence-corrected chi connectivity index (χ3v) is 9.41. The summed E-state index contributed by atoms with van der Waals surface area (Å²) in [5.41, 5.74) is 11.1. The number of aliphatic hydroxyl groups is 2. The molecule has 1 fully saturated rings. The number of nitrogens with one attached hydrogen (secondary N) is 2. The molecule has 28 heteroatoms. The molecule has 2 aromatic rings. The van der Waals surface area contributed by atoms with Crippen molar-refractivity contribution in [1.29, 1.82) is 0 Å². The van der Waals surface area contributed by atoms with E-state index >= 15 is 0 Å². The normalized spacial score (nSPS) is 23.9. The molecule has 12 N–H and O–H groups in total. The molecule has 4 unspecified atom stereocenters. The number of amides is 2. The van der Waals surface area contributed by atoms with E-state index in [1.54, 1.807) is 0 Å². The standard InChI is InChI=1S/C16H27N8O16P3S/c17-6(3-25)12(27)19-1-2-20-16(28)38-10-9(26)7(4-36-42(32,33)40-43(34,35)39-41(29,30)31)37-14(10)24-5-21-8-11(24)22-15(18)23-13(8)44/h5-7,9-10,14,25-26H,1-4,17H2,(H,19,27)(H,20,28)(H,32,33)(H,34,35)(H2,29,30,31)(H3,18,22,23,44)/t6?,7-,9?,10+,14-/m1/s1. The van der Waals surface area contributed by atoms with E-state index in [4.69, 9.17) is 35.8 Å². The van der Waals surface area contributed by atoms with Gasteiger partial charge in [0.15, 0.2) is 18.0 Å². The van der Waals surface area contributed by atoms with Gasteiger partial charge in [0.1, 0.15) is 28.8 Å². The number of anilines is 1. The Labute approximate surface area is 250 Å². The summed E-state index contributed by atoms with van der Waals surface area (Å²) in [6.07, 6.45) is -6.64. The van der Waals surface area contributed by atoms with Crippen molar-refractivity contribution in [1.82, 2.24) is 30.2 Å². The van der Waals surface area contributed by atoms with Gasteiger partial charge in [-0.25, -0.2) is 28.5 Å². The first-order chi connectivity index (χ1) is 20.3. The lowest BCUT2D eigenvalue weighted by molar-refractivity contribution is -0.123. The number of aromatic nitrogens is 4. The fourth-order valence-corrected chi connectivity index (χ4v) is 6.80. The minimum absolute atomic E-state index is 0.00909. The Morgan fingerprint density at radius 3 is 2.41 bits per heavy atom. The second kappa shape index (κ2) is 14.4. The molecular weight excluding hydrogens is 685 g/mol. The second-order valence-corrected chi connectivity index (χ2v) is 13.4. The number of fused-ring (bicyclic) bond motifs is 1. The number of phosphoric acid groups is 3. The highest BCUT2D eigenvalue weighted by Gasteiger charge is 2.49. The number of nitrogens with zero attached hydrogens (tertiary/aromatic N) is 4. The van der Waals surface area contributed by atoms with Gasteiger partial charge in [0.05, 0.1) is 19.5 Å². The molecule has 248 valence electrons. The molecule has 1 aliphatic heterocycles. The van der Waals surface area contributed by atoms with Crippen LogP contribution in [0.5, 0.6) is 0 Å². The van der Waals surface area contributed by atoms with E-state index in [2.05, 4.69) is 51.4 Å². The molecule has 0 bridgehead atoms. The van der Waals surface area contributed by atoms with Gasteiger partial charge in [-0.2, -0.15) is 13.6 Å². The van der Waals surface area contributed by atoms with Gasteiger partial charge in [-0.05, 0) is 0 Å². The van der Waals surface area contributed by atoms with Crippen LogP contribution >= 0.6 is 36.1 Å². The van der Waals surface area contributed by atoms with E-state index in [9.17, 15) is 38.2 Å². The monoisotopic (exact) mass is 712 g/mol. The van der Waals surface area contributed by atoms with Crippen molar-refractivity contribution in [2.75, 3.05) is 32.0 Å². The molecule has 44 heavy (non-hydrogen) atoms. The predicted molar refractivity (Wildman–Crippen MR) is 143 cm³/mol. The molecule has 3 rings (SSSR count). The zero-order valence-corrected chi connectivity index (χ0v) is 25.4. The molecular formula is C16H27N8O16P3S. The van der Waals surface area contributed by atoms with Crippen molar-refractivity contribution in [3.05, 3.63) is 6.33 Å². The first-order valence-electron chi connectivity index (χ1n) is 11.7. The van der Waals surface area contributed by atoms with Crippen LogP contribution in [0, 0.1) is 0 Å². The van der Waals surface area contributed by atoms with E-state index in [0.717, 1.165) is 10.9 Å². The number of carbonyl (C=O) groups excluding carboxylic acids is 2. The van der Waals surface area contributed by atoms with Gasteiger partial charge in [0.25, 0.3) is 0 Å². The minimum atomic E-state index is -5.83. The van der Waals surface area contributed by atoms with Crippen LogP contribution < -0.4 is 22.1 Å². The number of carbonyl (C=O) groups is 2. The quantitative estimate of drug-likeness (QED) is 0.0398. The van der Waals surface area contributed by atoms with Crippen LogP contribution in [0.1, 0.15) is 6.23 Å². The molecule has 0 saturated carbocycles. The van der Waals surface area contributed by atoms with Crippen LogP contribution in [-0.4, -0.2) is 112 Å². The fraction of sp³-hybridized carbons (Fsp3) is 0.562. The number of hydrogen-bond donors (Lipinski definition) is 11. The number of rotatable bonds is 14. The highest BCUT2D eigenvalue weighted by molar-refractivity contribution is 7.80. The maximum atomic E-state index is 12.5. The molecule has 0 aromatic carbocycles. The summed E-state index contributed by atoms with van der Waals surface area (Å²) < 4.78 is 58.5. The van der Waals surface area contributed by atoms with Crippen molar-refractivity contribution >= 4 is 65.2 Å². The van der Waals surface area contributed by atoms with Crippen molar-refractivity contribution < 1.29 is 75.7 Å². The molecule has 1 saturated heterocycles. The number of phosphoric ester groups is 1. The topological polar surface area (TPSA) is 373 Å². The van der Waals surface area contributed by atoms with Crippen LogP contribution in [0.25, 0.3) is 11.2 Å². The molecule has 1 aliphatic rings. The Kier molecular flexibility index (Phi) is 11.8. The molecule has 24 nitrogen and oxygen atoms in total. The van der Waals surface area contributed by atoms with Gasteiger partial charge in [-0.15, -0.1) is 12.6 Å². The zero-order valence-electron chi connectivity index (χ0n) is 21.8. The summed E-state index contributed by atoms with van der Waals surface area (Å²) in [5, 5.41) is 24.5. The van der Waals surface area contributed by atoms with Gasteiger partial charge in [0, 0.05) is 13.1 Å². The summed E-state index contributed by atoms with van der Waals surface area (Å²) in [7, 11) is -17.1. The van der Waals surface area contributed by atoms with Gasteiger partial charge in [-0.1, -0.05) is 0 Å². The lowest BCUT2D eigenvalue weighted by Crippen LogP contribution is -2.46. The van der Waals surface area contributed by atoms with Gasteiger partial charge in [-0.3, -0.25) is 13.9 Å². The zero-order chi connectivity index (χ0) is 33.0. The van der Waals surface area contributed by atoms with Crippen LogP contribution in [0.2, 0.25) is 0 Å². The number of thiol groups is 1. The maximum absolute atomic E-state index is 12.5. The Hall–Kier alpha value is -2.31. The Balaban J connectivity index is 1.77. The van der Waals surface area contributed by atoms with Gasteiger partial charge in [0.2, 0.25) is 11.9 Å². The Morgan fingerprint density at radius 2 is 1.77 bits per heavy atom. The average molecular weight is 712 g/mol. The van der Waals surface area contributed by atoms with Crippen LogP contribution in [0.3, 0.4) is 0 Å². The number of alkyl carbamates (subject to hydrolysis) is 1. The second-order valence-electron chi connectivity index (χ2n) is 8.55. The molecule has 0 aliphatic carbocycles. The van der Waals surface area contributed by atoms with Crippen LogP contribution in [0.15, 0.2) is 11.4 Å². The first kappa shape index (κ1) is 36.2. The SMILES string of the molecule is Nc1nc(S)c2ncn([C@@H]3O[C@H](COP(=O)(O)OP(=O)(O)OP(=O)(O)O)C(O)[C@@H]3OC(=O)NCCNC(=O)C(N)CO)c2n1. The number of hydrogen-bond acceptors (Lipinski definition) is 18. The Bertz CT molecular complexity index is 1510. The molecule has 0 radical (unpaired) electrons. The van der Waals surface area contributed by atoms with Crippen molar-refractivity contribution in [2.45, 2.75) is 35.6 Å². The average Bonchev–Trinajstić information content (AvgIpc) is 3.43. The van der Waals surface area contributed by atoms with E-state index in [1.165, 1.54) is 0 Å². The van der Waals surface area contributed by atoms with E-state index < -0.39 is 79.3 Å². The minimum Gasteiger partial charge on any atom is -0.439 e. The molecule has 0 spiro atoms. The van der Waals surface area contributed by atoms with Crippen molar-refractivity contribution in [2.24, 2.45) is 5.73 Å². The fourth-order valence-electron chi connectivity index (χ4n) is 3.51. The lowest BCUT2D eigenvalue weighted by Gasteiger charge is -2.22. The summed E-state index contributed by atoms with van der Waals surface area (Å²) >= 11 is 4.16. The number of nitrogen functional groups attached to an aromatic ring is 1. The van der Waals surface area contributed by atoms with Crippen LogP contribution in [-0.2, 0) is 41.1 Å². The molecule has 3 heterocycles. The number of ether oxygens (including phenoxy) is 2. The summed E-state index contributed by atoms with van der Waals surface area (Å²) in [5.74, 6) is -0.942. The highest BCUT2D eigenvalue weighted by atomic mass is 32.1. The predicted octanol–water partition coefficient (Wildman–Crippen LogP) is -3.17. The summed E-state index contributed by atoms with van der Waals surface area (Å²) in [4.78, 5) is 72.5. The Morgan fingerprint density at radius 1 is 1.11 bits per heavy atom. The van der Waals surface area contributed by atoms with E-state index in [0.29, 0.717) is 0 Å². The summed E-state index contributed by atoms with van der Waals surface area (Å²) in [6, 6.07) is -1.18. The summed E-state index contributed by atoms with van der Waals surface area (Å²) in [6.45, 7) is -2.04. The maximum Gasteiger partial charge on any atom is 0.490 e. The first-order valence-corrected chi connectivity index (χ1v) is 16.7. The molecule has 2 amide bonds. The largest absolute Gasteiger partial charge is 0.490 e. The van der Waals surface area contributed by atoms with Crippen molar-refractivity contribution in [3.8, 4) is 0 Å². The van der Waals surface area contributed by atoms with E-state index in [1.807, 2.05) is 0 Å². The number of aliphatic hydroxyl groups excluding tert-OH is 2. The highest BCUT2D eigenvalue weighted by Crippen LogP contribution is 2.66. The number of imidazole rings is 1. The molecule has 7 atom stereocenters. The smallest absolute Gasteiger partial charge is 0.439 e. The van der Waals surface area contributed by atoms with Gasteiger partial charge >= 0.3 is 29.6 Å². The third kappa shape index (κ3) is 9.84. The lowest BCUT2D eigenvalue weighted by atomic mass is 10.1.